The second-order valence-electron chi connectivity index (χ2n) is 2.45. The van der Waals surface area contributed by atoms with Gasteiger partial charge in [0.2, 0.25) is 0 Å². The average molecular weight is 223 g/mol. The molecular weight excluding hydrogens is 214 g/mol. The fourth-order valence-electron chi connectivity index (χ4n) is 0.818. The minimum Gasteiger partial charge on any atom is -0.368 e. The Morgan fingerprint density at radius 2 is 2.31 bits per heavy atom. The highest BCUT2D eigenvalue weighted by Crippen LogP contribution is 2.15. The third kappa shape index (κ3) is 3.36. The molecule has 0 saturated heterocycles. The van der Waals surface area contributed by atoms with Gasteiger partial charge in [0.1, 0.15) is 0 Å². The number of alkyl halides is 1. The maximum Gasteiger partial charge on any atom is 0.166 e. The Bertz CT molecular complexity index is 281. The van der Waals surface area contributed by atoms with E-state index in [0.29, 0.717) is 17.4 Å². The van der Waals surface area contributed by atoms with Crippen molar-refractivity contribution < 1.29 is 4.39 Å². The van der Waals surface area contributed by atoms with Gasteiger partial charge in [-0.15, -0.1) is 11.6 Å². The SMILES string of the molecule is Fc1cc(Cl)cnc1NCCCCl. The lowest BCUT2D eigenvalue weighted by Crippen LogP contribution is -2.05. The van der Waals surface area contributed by atoms with E-state index in [2.05, 4.69) is 10.3 Å². The van der Waals surface area contributed by atoms with Crippen molar-refractivity contribution in [3.63, 3.8) is 0 Å². The smallest absolute Gasteiger partial charge is 0.166 e. The predicted octanol–water partition coefficient (Wildman–Crippen LogP) is 2.91. The molecule has 1 N–H and O–H groups in total. The molecule has 0 aliphatic carbocycles. The zero-order valence-corrected chi connectivity index (χ0v) is 8.37. The van der Waals surface area contributed by atoms with Gasteiger partial charge in [0.15, 0.2) is 11.6 Å². The molecule has 0 bridgehead atoms. The molecule has 1 heterocycles. The van der Waals surface area contributed by atoms with Gasteiger partial charge in [-0.25, -0.2) is 9.37 Å². The van der Waals surface area contributed by atoms with Crippen LogP contribution in [-0.4, -0.2) is 17.4 Å². The summed E-state index contributed by atoms with van der Waals surface area (Å²) in [6.45, 7) is 0.606. The van der Waals surface area contributed by atoms with E-state index in [-0.39, 0.29) is 5.82 Å². The largest absolute Gasteiger partial charge is 0.368 e. The molecule has 72 valence electrons. The molecule has 0 radical (unpaired) electrons. The first-order valence-electron chi connectivity index (χ1n) is 3.85. The molecule has 0 fully saturated rings. The van der Waals surface area contributed by atoms with Crippen LogP contribution in [0, 0.1) is 5.82 Å². The number of pyridine rings is 1. The topological polar surface area (TPSA) is 24.9 Å². The molecule has 0 unspecified atom stereocenters. The Hall–Kier alpha value is -0.540. The number of aromatic nitrogens is 1. The maximum absolute atomic E-state index is 13.0. The van der Waals surface area contributed by atoms with Gasteiger partial charge < -0.3 is 5.32 Å². The second kappa shape index (κ2) is 5.25. The van der Waals surface area contributed by atoms with Crippen LogP contribution in [0.15, 0.2) is 12.3 Å². The highest BCUT2D eigenvalue weighted by atomic mass is 35.5. The lowest BCUT2D eigenvalue weighted by molar-refractivity contribution is 0.624. The Kier molecular flexibility index (Phi) is 4.25. The second-order valence-corrected chi connectivity index (χ2v) is 3.27. The minimum absolute atomic E-state index is 0.217. The number of halogens is 3. The van der Waals surface area contributed by atoms with E-state index in [1.165, 1.54) is 12.3 Å². The van der Waals surface area contributed by atoms with Gasteiger partial charge in [0, 0.05) is 18.6 Å². The Morgan fingerprint density at radius 3 is 2.92 bits per heavy atom. The van der Waals surface area contributed by atoms with Crippen molar-refractivity contribution in [2.24, 2.45) is 0 Å². The summed E-state index contributed by atoms with van der Waals surface area (Å²) in [7, 11) is 0. The van der Waals surface area contributed by atoms with Gasteiger partial charge in [0.05, 0.1) is 5.02 Å². The highest BCUT2D eigenvalue weighted by molar-refractivity contribution is 6.30. The highest BCUT2D eigenvalue weighted by Gasteiger charge is 2.02. The summed E-state index contributed by atoms with van der Waals surface area (Å²) >= 11 is 11.0. The van der Waals surface area contributed by atoms with E-state index >= 15 is 0 Å². The van der Waals surface area contributed by atoms with E-state index in [1.807, 2.05) is 0 Å². The molecule has 0 amide bonds. The van der Waals surface area contributed by atoms with Crippen molar-refractivity contribution >= 4 is 29.0 Å². The van der Waals surface area contributed by atoms with E-state index < -0.39 is 5.82 Å². The van der Waals surface area contributed by atoms with Crippen LogP contribution < -0.4 is 5.32 Å². The summed E-state index contributed by atoms with van der Waals surface area (Å²) in [5, 5.41) is 3.10. The fourth-order valence-corrected chi connectivity index (χ4v) is 1.10. The summed E-state index contributed by atoms with van der Waals surface area (Å²) < 4.78 is 13.0. The van der Waals surface area contributed by atoms with Crippen molar-refractivity contribution in [3.05, 3.63) is 23.1 Å². The van der Waals surface area contributed by atoms with Gasteiger partial charge in [0.25, 0.3) is 0 Å². The molecule has 0 aliphatic heterocycles. The van der Waals surface area contributed by atoms with Crippen LogP contribution in [0.4, 0.5) is 10.2 Å². The lowest BCUT2D eigenvalue weighted by atomic mass is 10.4. The van der Waals surface area contributed by atoms with Crippen LogP contribution in [0.3, 0.4) is 0 Å². The fraction of sp³-hybridized carbons (Fsp3) is 0.375. The van der Waals surface area contributed by atoms with Gasteiger partial charge in [-0.2, -0.15) is 0 Å². The van der Waals surface area contributed by atoms with E-state index in [9.17, 15) is 4.39 Å². The van der Waals surface area contributed by atoms with Crippen molar-refractivity contribution in [2.75, 3.05) is 17.7 Å². The van der Waals surface area contributed by atoms with Gasteiger partial charge in [-0.1, -0.05) is 11.6 Å². The molecule has 13 heavy (non-hydrogen) atoms. The van der Waals surface area contributed by atoms with Crippen molar-refractivity contribution in [2.45, 2.75) is 6.42 Å². The first kappa shape index (κ1) is 10.5. The van der Waals surface area contributed by atoms with Crippen LogP contribution >= 0.6 is 23.2 Å². The molecule has 0 aliphatic rings. The lowest BCUT2D eigenvalue weighted by Gasteiger charge is -2.04. The van der Waals surface area contributed by atoms with Crippen molar-refractivity contribution in [1.82, 2.24) is 4.98 Å². The van der Waals surface area contributed by atoms with Crippen LogP contribution in [0.25, 0.3) is 0 Å². The first-order chi connectivity index (χ1) is 6.24. The summed E-state index contributed by atoms with van der Waals surface area (Å²) in [6.07, 6.45) is 2.17. The number of hydrogen-bond donors (Lipinski definition) is 1. The van der Waals surface area contributed by atoms with Crippen LogP contribution in [0.1, 0.15) is 6.42 Å². The molecule has 1 aromatic heterocycles. The Morgan fingerprint density at radius 1 is 1.54 bits per heavy atom. The normalized spacial score (nSPS) is 10.1. The maximum atomic E-state index is 13.0. The quantitative estimate of drug-likeness (QED) is 0.627. The number of rotatable bonds is 4. The summed E-state index contributed by atoms with van der Waals surface area (Å²) in [4.78, 5) is 3.79. The molecule has 0 saturated carbocycles. The van der Waals surface area contributed by atoms with Crippen LogP contribution in [0.2, 0.25) is 5.02 Å². The Balaban J connectivity index is 2.56. The molecule has 1 rings (SSSR count). The number of hydrogen-bond acceptors (Lipinski definition) is 2. The van der Waals surface area contributed by atoms with Crippen molar-refractivity contribution in [3.8, 4) is 0 Å². The standard InChI is InChI=1S/C8H9Cl2FN2/c9-2-1-3-12-8-7(11)4-6(10)5-13-8/h4-5H,1-3H2,(H,12,13). The molecule has 0 atom stereocenters. The zero-order chi connectivity index (χ0) is 9.68. The number of nitrogens with zero attached hydrogens (tertiary/aromatic N) is 1. The molecule has 5 heteroatoms. The molecule has 1 aromatic rings. The minimum atomic E-state index is -0.443. The average Bonchev–Trinajstić information content (AvgIpc) is 2.09. The van der Waals surface area contributed by atoms with Crippen LogP contribution in [0.5, 0.6) is 0 Å². The van der Waals surface area contributed by atoms with Crippen LogP contribution in [-0.2, 0) is 0 Å². The van der Waals surface area contributed by atoms with Gasteiger partial charge in [-0.05, 0) is 12.5 Å². The molecule has 0 spiro atoms. The number of nitrogens with one attached hydrogen (secondary N) is 1. The van der Waals surface area contributed by atoms with Crippen molar-refractivity contribution in [1.29, 1.82) is 0 Å². The summed E-state index contributed by atoms with van der Waals surface area (Å²) in [6, 6.07) is 1.22. The third-order valence-corrected chi connectivity index (χ3v) is 1.88. The predicted molar refractivity (Wildman–Crippen MR) is 53.0 cm³/mol. The molecule has 2 nitrogen and oxygen atoms in total. The first-order valence-corrected chi connectivity index (χ1v) is 4.76. The molecule has 0 aromatic carbocycles. The van der Waals surface area contributed by atoms with E-state index in [1.54, 1.807) is 0 Å². The van der Waals surface area contributed by atoms with E-state index in [4.69, 9.17) is 23.2 Å². The zero-order valence-electron chi connectivity index (χ0n) is 6.86. The van der Waals surface area contributed by atoms with Gasteiger partial charge in [-0.3, -0.25) is 0 Å². The summed E-state index contributed by atoms with van der Waals surface area (Å²) in [5.41, 5.74) is 0. The monoisotopic (exact) mass is 222 g/mol. The van der Waals surface area contributed by atoms with Gasteiger partial charge >= 0.3 is 0 Å². The molecular formula is C8H9Cl2FN2. The summed E-state index contributed by atoms with van der Waals surface area (Å²) in [5.74, 6) is 0.318. The third-order valence-electron chi connectivity index (χ3n) is 1.41. The number of anilines is 1. The van der Waals surface area contributed by atoms with E-state index in [0.717, 1.165) is 6.42 Å². The Labute approximate surface area is 86.1 Å².